The van der Waals surface area contributed by atoms with Crippen LogP contribution in [-0.2, 0) is 6.42 Å². The second-order valence-corrected chi connectivity index (χ2v) is 5.49. The summed E-state index contributed by atoms with van der Waals surface area (Å²) in [5.74, 6) is 4.59. The molecule has 0 radical (unpaired) electrons. The summed E-state index contributed by atoms with van der Waals surface area (Å²) < 4.78 is 27.5. The largest absolute Gasteiger partial charge is 0.303 e. The molecule has 112 valence electrons. The quantitative estimate of drug-likeness (QED) is 0.627. The van der Waals surface area contributed by atoms with E-state index in [1.165, 1.54) is 18.2 Å². The number of nitrogens with two attached hydrogens (primary N) is 1. The normalized spacial score (nSPS) is 22.9. The van der Waals surface area contributed by atoms with Gasteiger partial charge in [-0.2, -0.15) is 0 Å². The Bertz CT molecular complexity index is 435. The summed E-state index contributed by atoms with van der Waals surface area (Å²) in [6.07, 6.45) is 0.234. The fourth-order valence-electron chi connectivity index (χ4n) is 2.73. The van der Waals surface area contributed by atoms with Crippen molar-refractivity contribution in [2.75, 3.05) is 33.7 Å². The number of rotatable bonds is 4. The lowest BCUT2D eigenvalue weighted by atomic mass is 9.96. The van der Waals surface area contributed by atoms with Crippen LogP contribution in [0.3, 0.4) is 0 Å². The van der Waals surface area contributed by atoms with Crippen LogP contribution in [0.5, 0.6) is 0 Å². The minimum atomic E-state index is -0.517. The van der Waals surface area contributed by atoms with Gasteiger partial charge in [0.25, 0.3) is 0 Å². The van der Waals surface area contributed by atoms with E-state index >= 15 is 0 Å². The molecule has 0 saturated carbocycles. The fraction of sp³-hybridized carbons (Fsp3) is 0.571. The number of nitrogens with one attached hydrogen (secondary N) is 1. The Kier molecular flexibility index (Phi) is 5.04. The Labute approximate surface area is 118 Å². The zero-order chi connectivity index (χ0) is 14.7. The maximum atomic E-state index is 13.8. The van der Waals surface area contributed by atoms with Crippen molar-refractivity contribution in [2.24, 2.45) is 5.84 Å². The molecule has 3 N–H and O–H groups in total. The van der Waals surface area contributed by atoms with Gasteiger partial charge < -0.3 is 4.90 Å². The number of halogens is 2. The molecule has 0 spiro atoms. The fourth-order valence-corrected chi connectivity index (χ4v) is 2.73. The molecule has 1 heterocycles. The van der Waals surface area contributed by atoms with Crippen molar-refractivity contribution in [3.05, 3.63) is 35.4 Å². The van der Waals surface area contributed by atoms with E-state index in [0.717, 1.165) is 19.6 Å². The average Bonchev–Trinajstić information content (AvgIpc) is 2.42. The molecule has 2 rings (SSSR count). The van der Waals surface area contributed by atoms with E-state index in [1.807, 2.05) is 14.1 Å². The summed E-state index contributed by atoms with van der Waals surface area (Å²) in [6.45, 7) is 2.72. The molecule has 2 atom stereocenters. The third-order valence-electron chi connectivity index (χ3n) is 4.06. The SMILES string of the molecule is CN1CCN(C)C(C(Cc2c(F)cccc2F)NN)C1. The molecule has 1 aliphatic heterocycles. The maximum Gasteiger partial charge on any atom is 0.129 e. The van der Waals surface area contributed by atoms with Crippen LogP contribution in [0.25, 0.3) is 0 Å². The first-order chi connectivity index (χ1) is 9.52. The molecular weight excluding hydrogens is 262 g/mol. The lowest BCUT2D eigenvalue weighted by molar-refractivity contribution is 0.0872. The van der Waals surface area contributed by atoms with E-state index in [9.17, 15) is 8.78 Å². The van der Waals surface area contributed by atoms with Gasteiger partial charge in [-0.25, -0.2) is 8.78 Å². The van der Waals surface area contributed by atoms with Gasteiger partial charge in [-0.05, 0) is 32.6 Å². The molecule has 0 bridgehead atoms. The molecule has 1 fully saturated rings. The highest BCUT2D eigenvalue weighted by Crippen LogP contribution is 2.18. The lowest BCUT2D eigenvalue weighted by Crippen LogP contribution is -2.60. The molecule has 4 nitrogen and oxygen atoms in total. The monoisotopic (exact) mass is 284 g/mol. The van der Waals surface area contributed by atoms with E-state index in [0.29, 0.717) is 0 Å². The van der Waals surface area contributed by atoms with Crippen LogP contribution >= 0.6 is 0 Å². The molecule has 6 heteroatoms. The van der Waals surface area contributed by atoms with Crippen molar-refractivity contribution in [1.82, 2.24) is 15.2 Å². The highest BCUT2D eigenvalue weighted by molar-refractivity contribution is 5.21. The Morgan fingerprint density at radius 1 is 1.30 bits per heavy atom. The number of hydrogen-bond donors (Lipinski definition) is 2. The van der Waals surface area contributed by atoms with Crippen LogP contribution in [0.4, 0.5) is 8.78 Å². The number of hydrogen-bond acceptors (Lipinski definition) is 4. The van der Waals surface area contributed by atoms with Crippen LogP contribution in [-0.4, -0.2) is 55.6 Å². The third-order valence-corrected chi connectivity index (χ3v) is 4.06. The van der Waals surface area contributed by atoms with E-state index in [-0.39, 0.29) is 24.1 Å². The molecule has 1 aromatic rings. The van der Waals surface area contributed by atoms with Crippen LogP contribution in [0.2, 0.25) is 0 Å². The molecule has 1 aromatic carbocycles. The average molecular weight is 284 g/mol. The van der Waals surface area contributed by atoms with Gasteiger partial charge in [0, 0.05) is 37.3 Å². The van der Waals surface area contributed by atoms with Crippen molar-refractivity contribution >= 4 is 0 Å². The van der Waals surface area contributed by atoms with Crippen LogP contribution in [0, 0.1) is 11.6 Å². The molecule has 20 heavy (non-hydrogen) atoms. The minimum absolute atomic E-state index is 0.0945. The van der Waals surface area contributed by atoms with Gasteiger partial charge in [-0.15, -0.1) is 0 Å². The predicted molar refractivity (Wildman–Crippen MR) is 75.1 cm³/mol. The predicted octanol–water partition coefficient (Wildman–Crippen LogP) is 0.585. The van der Waals surface area contributed by atoms with E-state index in [1.54, 1.807) is 0 Å². The maximum absolute atomic E-state index is 13.8. The van der Waals surface area contributed by atoms with Crippen molar-refractivity contribution in [2.45, 2.75) is 18.5 Å². The highest BCUT2D eigenvalue weighted by atomic mass is 19.1. The standard InChI is InChI=1S/C14H22F2N4/c1-19-6-7-20(2)14(9-19)13(18-17)8-10-11(15)4-3-5-12(10)16/h3-5,13-14,18H,6-9,17H2,1-2H3. The smallest absolute Gasteiger partial charge is 0.129 e. The first-order valence-electron chi connectivity index (χ1n) is 6.80. The third kappa shape index (κ3) is 3.32. The zero-order valence-electron chi connectivity index (χ0n) is 11.9. The molecule has 0 aromatic heterocycles. The van der Waals surface area contributed by atoms with E-state index in [2.05, 4.69) is 15.2 Å². The van der Waals surface area contributed by atoms with Gasteiger partial charge in [0.05, 0.1) is 0 Å². The van der Waals surface area contributed by atoms with Crippen molar-refractivity contribution in [3.63, 3.8) is 0 Å². The number of piperazine rings is 1. The Morgan fingerprint density at radius 2 is 1.95 bits per heavy atom. The minimum Gasteiger partial charge on any atom is -0.303 e. The molecular formula is C14H22F2N4. The molecule has 2 unspecified atom stereocenters. The number of likely N-dealkylation sites (N-methyl/N-ethyl adjacent to an activating group) is 2. The second-order valence-electron chi connectivity index (χ2n) is 5.49. The van der Waals surface area contributed by atoms with Crippen LogP contribution in [0.1, 0.15) is 5.56 Å². The van der Waals surface area contributed by atoms with Gasteiger partial charge in [0.1, 0.15) is 11.6 Å². The summed E-state index contributed by atoms with van der Waals surface area (Å²) in [5.41, 5.74) is 2.82. The van der Waals surface area contributed by atoms with Crippen molar-refractivity contribution in [1.29, 1.82) is 0 Å². The first-order valence-corrected chi connectivity index (χ1v) is 6.80. The first kappa shape index (κ1) is 15.3. The summed E-state index contributed by atoms with van der Waals surface area (Å²) in [4.78, 5) is 4.38. The molecule has 1 saturated heterocycles. The Morgan fingerprint density at radius 3 is 2.55 bits per heavy atom. The van der Waals surface area contributed by atoms with Gasteiger partial charge >= 0.3 is 0 Å². The van der Waals surface area contributed by atoms with Gasteiger partial charge in [-0.3, -0.25) is 16.2 Å². The number of benzene rings is 1. The summed E-state index contributed by atoms with van der Waals surface area (Å²) >= 11 is 0. The van der Waals surface area contributed by atoms with Gasteiger partial charge in [0.15, 0.2) is 0 Å². The number of hydrazine groups is 1. The van der Waals surface area contributed by atoms with Crippen LogP contribution in [0.15, 0.2) is 18.2 Å². The van der Waals surface area contributed by atoms with Gasteiger partial charge in [-0.1, -0.05) is 6.07 Å². The van der Waals surface area contributed by atoms with E-state index in [4.69, 9.17) is 5.84 Å². The Hall–Kier alpha value is -1.08. The topological polar surface area (TPSA) is 44.5 Å². The molecule has 0 aliphatic carbocycles. The summed E-state index contributed by atoms with van der Waals surface area (Å²) in [6, 6.07) is 3.86. The van der Waals surface area contributed by atoms with Crippen molar-refractivity contribution in [3.8, 4) is 0 Å². The zero-order valence-corrected chi connectivity index (χ0v) is 11.9. The van der Waals surface area contributed by atoms with Gasteiger partial charge in [0.2, 0.25) is 0 Å². The highest BCUT2D eigenvalue weighted by Gasteiger charge is 2.30. The number of nitrogens with zero attached hydrogens (tertiary/aromatic N) is 2. The van der Waals surface area contributed by atoms with Crippen LogP contribution < -0.4 is 11.3 Å². The summed E-state index contributed by atoms with van der Waals surface area (Å²) in [5, 5.41) is 0. The molecule has 1 aliphatic rings. The van der Waals surface area contributed by atoms with E-state index < -0.39 is 11.6 Å². The lowest BCUT2D eigenvalue weighted by Gasteiger charge is -2.41. The second kappa shape index (κ2) is 6.58. The summed E-state index contributed by atoms with van der Waals surface area (Å²) in [7, 11) is 4.05. The van der Waals surface area contributed by atoms with Crippen molar-refractivity contribution < 1.29 is 8.78 Å². The Balaban J connectivity index is 2.16. The molecule has 0 amide bonds.